The lowest BCUT2D eigenvalue weighted by molar-refractivity contribution is 0.0934. The van der Waals surface area contributed by atoms with Crippen LogP contribution >= 0.6 is 8.46 Å². The van der Waals surface area contributed by atoms with Crippen LogP contribution in [-0.4, -0.2) is 5.34 Å². The molecule has 2 unspecified atom stereocenters. The fraction of sp³-hybridized carbons (Fsp3) is 0.667. The van der Waals surface area contributed by atoms with Gasteiger partial charge in [-0.3, -0.25) is 4.57 Å². The summed E-state index contributed by atoms with van der Waals surface area (Å²) in [4.78, 5) is 0. The van der Waals surface area contributed by atoms with Crippen molar-refractivity contribution in [2.45, 2.75) is 40.0 Å². The van der Waals surface area contributed by atoms with Gasteiger partial charge >= 0.3 is 0 Å². The molecule has 0 N–H and O–H groups in total. The second-order valence-electron chi connectivity index (χ2n) is 4.70. The third-order valence-corrected chi connectivity index (χ3v) is 3.21. The van der Waals surface area contributed by atoms with Crippen LogP contribution in [0.25, 0.3) is 0 Å². The first kappa shape index (κ1) is 12.4. The van der Waals surface area contributed by atoms with Crippen molar-refractivity contribution in [1.82, 2.24) is 0 Å². The summed E-state index contributed by atoms with van der Waals surface area (Å²) in [5.41, 5.74) is 1.37. The average Bonchev–Trinajstić information content (AvgIpc) is 2.14. The summed E-state index contributed by atoms with van der Waals surface area (Å²) in [6.45, 7) is 10.0. The van der Waals surface area contributed by atoms with E-state index in [2.05, 4.69) is 32.9 Å². The zero-order valence-electron chi connectivity index (χ0n) is 10.1. The van der Waals surface area contributed by atoms with Crippen molar-refractivity contribution in [3.8, 4) is 0 Å². The van der Waals surface area contributed by atoms with Crippen LogP contribution in [-0.2, 0) is 9.30 Å². The summed E-state index contributed by atoms with van der Waals surface area (Å²) in [6.07, 6.45) is 4.32. The first-order chi connectivity index (χ1) is 6.85. The Morgan fingerprint density at radius 2 is 1.87 bits per heavy atom. The van der Waals surface area contributed by atoms with Gasteiger partial charge in [-0.05, 0) is 32.8 Å². The number of hydrogen-bond donors (Lipinski definition) is 0. The second kappa shape index (κ2) is 4.49. The van der Waals surface area contributed by atoms with Crippen LogP contribution in [0.5, 0.6) is 0 Å². The molecular formula is C12H19O2P. The molecule has 3 heteroatoms. The Morgan fingerprint density at radius 3 is 2.40 bits per heavy atom. The van der Waals surface area contributed by atoms with Gasteiger partial charge < -0.3 is 4.74 Å². The average molecular weight is 226 g/mol. The summed E-state index contributed by atoms with van der Waals surface area (Å²) in [7, 11) is 0.0209. The maximum Gasteiger partial charge on any atom is 0.203 e. The van der Waals surface area contributed by atoms with Gasteiger partial charge in [0.05, 0.1) is 0 Å². The van der Waals surface area contributed by atoms with Gasteiger partial charge in [-0.25, -0.2) is 0 Å². The Bertz CT molecular complexity index is 316. The van der Waals surface area contributed by atoms with E-state index in [1.165, 1.54) is 5.57 Å². The van der Waals surface area contributed by atoms with E-state index >= 15 is 0 Å². The molecule has 84 valence electrons. The van der Waals surface area contributed by atoms with E-state index in [0.717, 1.165) is 5.76 Å². The predicted octanol–water partition coefficient (Wildman–Crippen LogP) is 4.15. The van der Waals surface area contributed by atoms with Gasteiger partial charge in [0.15, 0.2) is 5.34 Å². The molecule has 1 aliphatic carbocycles. The van der Waals surface area contributed by atoms with Crippen LogP contribution in [0.3, 0.4) is 0 Å². The van der Waals surface area contributed by atoms with Crippen molar-refractivity contribution in [3.63, 3.8) is 0 Å². The number of ether oxygens (including phenoxy) is 1. The van der Waals surface area contributed by atoms with E-state index < -0.39 is 5.34 Å². The van der Waals surface area contributed by atoms with Crippen molar-refractivity contribution in [3.05, 3.63) is 23.5 Å². The normalized spacial score (nSPS) is 27.3. The highest BCUT2D eigenvalue weighted by Crippen LogP contribution is 2.34. The van der Waals surface area contributed by atoms with Crippen molar-refractivity contribution in [2.24, 2.45) is 11.8 Å². The van der Waals surface area contributed by atoms with Crippen LogP contribution in [0.1, 0.15) is 34.6 Å². The van der Waals surface area contributed by atoms with E-state index in [1.807, 2.05) is 13.8 Å². The lowest BCUT2D eigenvalue weighted by Crippen LogP contribution is -2.20. The highest BCUT2D eigenvalue weighted by molar-refractivity contribution is 7.25. The number of rotatable bonds is 3. The van der Waals surface area contributed by atoms with Crippen molar-refractivity contribution < 1.29 is 9.30 Å². The van der Waals surface area contributed by atoms with Gasteiger partial charge in [0.1, 0.15) is 5.76 Å². The maximum atomic E-state index is 10.9. The Hall–Kier alpha value is -0.620. The molecule has 0 saturated heterocycles. The molecule has 2 atom stereocenters. The van der Waals surface area contributed by atoms with E-state index in [1.54, 1.807) is 0 Å². The minimum Gasteiger partial charge on any atom is -0.480 e. The molecule has 0 aliphatic heterocycles. The third-order valence-electron chi connectivity index (χ3n) is 2.68. The fourth-order valence-corrected chi connectivity index (χ4v) is 1.73. The molecule has 0 aromatic rings. The summed E-state index contributed by atoms with van der Waals surface area (Å²) in [5.74, 6) is 1.62. The topological polar surface area (TPSA) is 26.3 Å². The van der Waals surface area contributed by atoms with Crippen LogP contribution < -0.4 is 0 Å². The summed E-state index contributed by atoms with van der Waals surface area (Å²) < 4.78 is 16.6. The van der Waals surface area contributed by atoms with Crippen molar-refractivity contribution in [1.29, 1.82) is 0 Å². The van der Waals surface area contributed by atoms with Crippen LogP contribution in [0.15, 0.2) is 23.5 Å². The second-order valence-corrected chi connectivity index (χ2v) is 5.96. The third kappa shape index (κ3) is 3.17. The van der Waals surface area contributed by atoms with Crippen molar-refractivity contribution >= 4 is 8.46 Å². The monoisotopic (exact) mass is 226 g/mol. The Morgan fingerprint density at radius 1 is 1.27 bits per heavy atom. The van der Waals surface area contributed by atoms with E-state index in [4.69, 9.17) is 4.74 Å². The Balaban J connectivity index is 2.80. The first-order valence-corrected chi connectivity index (χ1v) is 6.10. The molecule has 0 radical (unpaired) electrons. The molecular weight excluding hydrogens is 207 g/mol. The molecule has 0 bridgehead atoms. The molecule has 0 saturated carbocycles. The summed E-state index contributed by atoms with van der Waals surface area (Å²) in [5, 5.41) is -0.626. The Labute approximate surface area is 93.6 Å². The maximum absolute atomic E-state index is 10.9. The van der Waals surface area contributed by atoms with E-state index in [-0.39, 0.29) is 14.4 Å². The molecule has 15 heavy (non-hydrogen) atoms. The molecule has 0 amide bonds. The van der Waals surface area contributed by atoms with Gasteiger partial charge in [-0.1, -0.05) is 25.5 Å². The molecule has 1 aliphatic rings. The summed E-state index contributed by atoms with van der Waals surface area (Å²) in [6, 6.07) is 0. The highest BCUT2D eigenvalue weighted by Gasteiger charge is 2.25. The minimum absolute atomic E-state index is 0.0209. The largest absolute Gasteiger partial charge is 0.480 e. The van der Waals surface area contributed by atoms with E-state index in [0.29, 0.717) is 5.92 Å². The zero-order chi connectivity index (χ0) is 11.6. The highest BCUT2D eigenvalue weighted by atomic mass is 31.1. The van der Waals surface area contributed by atoms with Gasteiger partial charge in [0.2, 0.25) is 8.46 Å². The SMILES string of the molecule is CC1=CC(C)C(OC(C)(C)P=O)=CC1C. The van der Waals surface area contributed by atoms with Crippen molar-refractivity contribution in [2.75, 3.05) is 0 Å². The molecule has 0 heterocycles. The molecule has 0 spiro atoms. The smallest absolute Gasteiger partial charge is 0.203 e. The number of hydrogen-bond acceptors (Lipinski definition) is 2. The molecule has 0 fully saturated rings. The van der Waals surface area contributed by atoms with Gasteiger partial charge in [-0.15, -0.1) is 0 Å². The van der Waals surface area contributed by atoms with Crippen LogP contribution in [0.2, 0.25) is 0 Å². The molecule has 0 aromatic carbocycles. The van der Waals surface area contributed by atoms with Gasteiger partial charge in [0.25, 0.3) is 0 Å². The van der Waals surface area contributed by atoms with Crippen LogP contribution in [0.4, 0.5) is 0 Å². The Kier molecular flexibility index (Phi) is 3.72. The molecule has 0 aromatic heterocycles. The number of allylic oxidation sites excluding steroid dienone is 3. The van der Waals surface area contributed by atoms with Gasteiger partial charge in [0, 0.05) is 5.92 Å². The molecule has 1 rings (SSSR count). The fourth-order valence-electron chi connectivity index (χ4n) is 1.59. The minimum atomic E-state index is -0.626. The predicted molar refractivity (Wildman–Crippen MR) is 62.9 cm³/mol. The van der Waals surface area contributed by atoms with E-state index in [9.17, 15) is 4.57 Å². The lowest BCUT2D eigenvalue weighted by Gasteiger charge is -2.28. The standard InChI is InChI=1S/C12H19O2P/c1-8-6-10(3)11(7-9(8)2)14-12(4,5)15-13/h6-7,9-10H,1-5H3. The first-order valence-electron chi connectivity index (χ1n) is 5.29. The summed E-state index contributed by atoms with van der Waals surface area (Å²) >= 11 is 0. The zero-order valence-corrected chi connectivity index (χ0v) is 11.0. The quantitative estimate of drug-likeness (QED) is 0.534. The van der Waals surface area contributed by atoms with Gasteiger partial charge in [-0.2, -0.15) is 0 Å². The van der Waals surface area contributed by atoms with Crippen LogP contribution in [0, 0.1) is 11.8 Å². The molecule has 2 nitrogen and oxygen atoms in total. The lowest BCUT2D eigenvalue weighted by atomic mass is 9.90.